The molecule has 1 aromatic rings. The van der Waals surface area contributed by atoms with Gasteiger partial charge in [-0.15, -0.1) is 0 Å². The molecule has 0 spiro atoms. The van der Waals surface area contributed by atoms with Crippen molar-refractivity contribution in [2.75, 3.05) is 25.0 Å². The minimum atomic E-state index is -0.566. The number of nitrogens with one attached hydrogen (secondary N) is 1. The second kappa shape index (κ2) is 8.01. The number of nitro groups is 1. The Bertz CT molecular complexity index is 572. The Morgan fingerprint density at radius 3 is 2.61 bits per heavy atom. The minimum absolute atomic E-state index is 0.0604. The number of rotatable bonds is 6. The van der Waals surface area contributed by atoms with E-state index >= 15 is 0 Å². The summed E-state index contributed by atoms with van der Waals surface area (Å²) in [5.41, 5.74) is -0.304. The highest BCUT2D eigenvalue weighted by Gasteiger charge is 2.21. The standard InChI is InChI=1S/C15H22ClN3O4/c1-5-18(14(20)23-15(2,3)4)9-8-17-12-10-11(16)6-7-13(12)19(21)22/h6-7,10,17H,5,8-9H2,1-4H3. The number of benzene rings is 1. The second-order valence-electron chi connectivity index (χ2n) is 5.91. The molecule has 1 amide bonds. The lowest BCUT2D eigenvalue weighted by Crippen LogP contribution is -2.39. The van der Waals surface area contributed by atoms with Crippen LogP contribution in [0.25, 0.3) is 0 Å². The second-order valence-corrected chi connectivity index (χ2v) is 6.34. The molecule has 8 heteroatoms. The molecule has 0 bridgehead atoms. The maximum Gasteiger partial charge on any atom is 0.410 e. The summed E-state index contributed by atoms with van der Waals surface area (Å²) < 4.78 is 5.30. The Morgan fingerprint density at radius 1 is 1.43 bits per heavy atom. The summed E-state index contributed by atoms with van der Waals surface area (Å²) in [4.78, 5) is 24.0. The highest BCUT2D eigenvalue weighted by molar-refractivity contribution is 6.31. The van der Waals surface area contributed by atoms with Gasteiger partial charge in [-0.3, -0.25) is 10.1 Å². The van der Waals surface area contributed by atoms with Crippen molar-refractivity contribution in [3.63, 3.8) is 0 Å². The fourth-order valence-electron chi connectivity index (χ4n) is 1.84. The van der Waals surface area contributed by atoms with Gasteiger partial charge in [0.2, 0.25) is 0 Å². The molecule has 0 aliphatic carbocycles. The van der Waals surface area contributed by atoms with E-state index in [1.807, 2.05) is 6.92 Å². The Morgan fingerprint density at radius 2 is 2.09 bits per heavy atom. The number of hydrogen-bond acceptors (Lipinski definition) is 5. The topological polar surface area (TPSA) is 84.7 Å². The van der Waals surface area contributed by atoms with Crippen molar-refractivity contribution in [1.82, 2.24) is 4.90 Å². The fraction of sp³-hybridized carbons (Fsp3) is 0.533. The normalized spacial score (nSPS) is 11.0. The molecule has 23 heavy (non-hydrogen) atoms. The van der Waals surface area contributed by atoms with Crippen LogP contribution in [0.2, 0.25) is 5.02 Å². The molecule has 0 aromatic heterocycles. The van der Waals surface area contributed by atoms with Crippen LogP contribution in [0.4, 0.5) is 16.2 Å². The zero-order chi connectivity index (χ0) is 17.6. The van der Waals surface area contributed by atoms with Crippen molar-refractivity contribution in [3.8, 4) is 0 Å². The van der Waals surface area contributed by atoms with Gasteiger partial charge in [0.05, 0.1) is 4.92 Å². The van der Waals surface area contributed by atoms with Gasteiger partial charge in [0.25, 0.3) is 5.69 Å². The fourth-order valence-corrected chi connectivity index (χ4v) is 2.01. The van der Waals surface area contributed by atoms with Crippen molar-refractivity contribution >= 4 is 29.1 Å². The number of carbonyl (C=O) groups excluding carboxylic acids is 1. The largest absolute Gasteiger partial charge is 0.444 e. The molecule has 0 fully saturated rings. The first-order chi connectivity index (χ1) is 10.6. The highest BCUT2D eigenvalue weighted by atomic mass is 35.5. The number of nitrogens with zero attached hydrogens (tertiary/aromatic N) is 2. The number of carbonyl (C=O) groups is 1. The lowest BCUT2D eigenvalue weighted by molar-refractivity contribution is -0.384. The molecule has 0 aliphatic rings. The lowest BCUT2D eigenvalue weighted by Gasteiger charge is -2.26. The van der Waals surface area contributed by atoms with Gasteiger partial charge < -0.3 is 15.0 Å². The van der Waals surface area contributed by atoms with Crippen molar-refractivity contribution in [3.05, 3.63) is 33.3 Å². The number of halogens is 1. The smallest absolute Gasteiger partial charge is 0.410 e. The Balaban J connectivity index is 2.66. The van der Waals surface area contributed by atoms with Crippen LogP contribution in [0.5, 0.6) is 0 Å². The van der Waals surface area contributed by atoms with E-state index in [0.29, 0.717) is 30.3 Å². The first-order valence-electron chi connectivity index (χ1n) is 7.29. The van der Waals surface area contributed by atoms with Gasteiger partial charge in [-0.1, -0.05) is 11.6 Å². The number of nitro benzene ring substituents is 1. The van der Waals surface area contributed by atoms with E-state index in [-0.39, 0.29) is 5.69 Å². The summed E-state index contributed by atoms with van der Waals surface area (Å²) in [7, 11) is 0. The molecule has 0 saturated carbocycles. The lowest BCUT2D eigenvalue weighted by atomic mass is 10.2. The van der Waals surface area contributed by atoms with Gasteiger partial charge in [-0.05, 0) is 39.8 Å². The van der Waals surface area contributed by atoms with Crippen LogP contribution in [-0.2, 0) is 4.74 Å². The average molecular weight is 344 g/mol. The maximum absolute atomic E-state index is 12.0. The first-order valence-corrected chi connectivity index (χ1v) is 7.67. The number of ether oxygens (including phenoxy) is 1. The Labute approximate surface area is 140 Å². The van der Waals surface area contributed by atoms with Gasteiger partial charge in [-0.2, -0.15) is 0 Å². The van der Waals surface area contributed by atoms with Crippen molar-refractivity contribution < 1.29 is 14.5 Å². The number of anilines is 1. The Hall–Kier alpha value is -2.02. The molecule has 7 nitrogen and oxygen atoms in total. The summed E-state index contributed by atoms with van der Waals surface area (Å²) in [6.07, 6.45) is -0.414. The maximum atomic E-state index is 12.0. The van der Waals surface area contributed by atoms with Gasteiger partial charge in [0.15, 0.2) is 0 Å². The monoisotopic (exact) mass is 343 g/mol. The molecular formula is C15H22ClN3O4. The molecule has 1 aromatic carbocycles. The van der Waals surface area contributed by atoms with Crippen LogP contribution in [-0.4, -0.2) is 41.2 Å². The van der Waals surface area contributed by atoms with Crippen LogP contribution in [0.1, 0.15) is 27.7 Å². The summed E-state index contributed by atoms with van der Waals surface area (Å²) in [6, 6.07) is 4.30. The molecular weight excluding hydrogens is 322 g/mol. The third-order valence-corrected chi connectivity index (χ3v) is 3.12. The quantitative estimate of drug-likeness (QED) is 0.625. The molecule has 0 saturated heterocycles. The van der Waals surface area contributed by atoms with Crippen LogP contribution in [0.3, 0.4) is 0 Å². The van der Waals surface area contributed by atoms with E-state index in [0.717, 1.165) is 0 Å². The summed E-state index contributed by atoms with van der Waals surface area (Å²) >= 11 is 5.87. The van der Waals surface area contributed by atoms with Crippen LogP contribution in [0.15, 0.2) is 18.2 Å². The van der Waals surface area contributed by atoms with E-state index in [1.165, 1.54) is 23.1 Å². The molecule has 0 heterocycles. The van der Waals surface area contributed by atoms with Crippen LogP contribution in [0, 0.1) is 10.1 Å². The van der Waals surface area contributed by atoms with Gasteiger partial charge in [0.1, 0.15) is 11.3 Å². The van der Waals surface area contributed by atoms with Gasteiger partial charge in [0, 0.05) is 30.7 Å². The molecule has 0 radical (unpaired) electrons. The number of hydrogen-bond donors (Lipinski definition) is 1. The minimum Gasteiger partial charge on any atom is -0.444 e. The zero-order valence-electron chi connectivity index (χ0n) is 13.8. The Kier molecular flexibility index (Phi) is 6.62. The van der Waals surface area contributed by atoms with E-state index in [1.54, 1.807) is 20.8 Å². The number of amides is 1. The molecule has 0 atom stereocenters. The van der Waals surface area contributed by atoms with Gasteiger partial charge >= 0.3 is 6.09 Å². The average Bonchev–Trinajstić information content (AvgIpc) is 2.41. The molecule has 1 rings (SSSR count). The summed E-state index contributed by atoms with van der Waals surface area (Å²) in [5, 5.41) is 14.3. The van der Waals surface area contributed by atoms with E-state index in [4.69, 9.17) is 16.3 Å². The molecule has 0 unspecified atom stereocenters. The third kappa shape index (κ3) is 6.32. The zero-order valence-corrected chi connectivity index (χ0v) is 14.5. The van der Waals surface area contributed by atoms with E-state index in [9.17, 15) is 14.9 Å². The van der Waals surface area contributed by atoms with Crippen molar-refractivity contribution in [2.24, 2.45) is 0 Å². The van der Waals surface area contributed by atoms with Crippen molar-refractivity contribution in [1.29, 1.82) is 0 Å². The van der Waals surface area contributed by atoms with Crippen LogP contribution >= 0.6 is 11.6 Å². The SMILES string of the molecule is CCN(CCNc1cc(Cl)ccc1[N+](=O)[O-])C(=O)OC(C)(C)C. The van der Waals surface area contributed by atoms with E-state index < -0.39 is 16.6 Å². The third-order valence-electron chi connectivity index (χ3n) is 2.89. The van der Waals surface area contributed by atoms with E-state index in [2.05, 4.69) is 5.32 Å². The molecule has 128 valence electrons. The number of likely N-dealkylation sites (N-methyl/N-ethyl adjacent to an activating group) is 1. The predicted octanol–water partition coefficient (Wildman–Crippen LogP) is 3.92. The predicted molar refractivity (Wildman–Crippen MR) is 90.1 cm³/mol. The highest BCUT2D eigenvalue weighted by Crippen LogP contribution is 2.27. The van der Waals surface area contributed by atoms with Gasteiger partial charge in [-0.25, -0.2) is 4.79 Å². The summed E-state index contributed by atoms with van der Waals surface area (Å²) in [6.45, 7) is 8.41. The molecule has 1 N–H and O–H groups in total. The summed E-state index contributed by atoms with van der Waals surface area (Å²) in [5.74, 6) is 0. The first kappa shape index (κ1) is 19.0. The molecule has 0 aliphatic heterocycles. The van der Waals surface area contributed by atoms with Crippen LogP contribution < -0.4 is 5.32 Å². The van der Waals surface area contributed by atoms with Crippen molar-refractivity contribution in [2.45, 2.75) is 33.3 Å².